The maximum atomic E-state index is 11.9. The van der Waals surface area contributed by atoms with E-state index in [1.54, 1.807) is 6.33 Å². The predicted octanol–water partition coefficient (Wildman–Crippen LogP) is 3.63. The summed E-state index contributed by atoms with van der Waals surface area (Å²) in [5.41, 5.74) is 10.6. The highest BCUT2D eigenvalue weighted by Gasteiger charge is 2.28. The van der Waals surface area contributed by atoms with E-state index in [-0.39, 0.29) is 11.7 Å². The monoisotopic (exact) mass is 418 g/mol. The van der Waals surface area contributed by atoms with Crippen LogP contribution < -0.4 is 5.73 Å². The summed E-state index contributed by atoms with van der Waals surface area (Å²) in [7, 11) is 0. The largest absolute Gasteiger partial charge is 0.364 e. The smallest absolute Gasteiger partial charge is 0.269 e. The number of aliphatic imine (C=N–C) groups is 1. The number of aromatic nitrogens is 2. The fraction of sp³-hybridized carbons (Fsp3) is 0.0952. The summed E-state index contributed by atoms with van der Waals surface area (Å²) in [5.74, 6) is 2.10. The molecule has 0 spiro atoms. The highest BCUT2D eigenvalue weighted by atomic mass is 79.9. The van der Waals surface area contributed by atoms with Crippen LogP contribution in [0.1, 0.15) is 45.8 Å². The maximum Gasteiger partial charge on any atom is 0.269 e. The molecule has 4 rings (SSSR count). The Kier molecular flexibility index (Phi) is 4.17. The van der Waals surface area contributed by atoms with Crippen LogP contribution in [0.4, 0.5) is 0 Å². The Morgan fingerprint density at radius 1 is 1.26 bits per heavy atom. The number of hydrogen-bond acceptors (Lipinski definition) is 3. The number of nitrogens with zero attached hydrogens (tertiary/aromatic N) is 3. The summed E-state index contributed by atoms with van der Waals surface area (Å²) in [6.07, 6.45) is 7.23. The Hall–Kier alpha value is -3.17. The van der Waals surface area contributed by atoms with Gasteiger partial charge in [0.05, 0.1) is 23.1 Å². The van der Waals surface area contributed by atoms with Gasteiger partial charge < -0.3 is 5.73 Å². The van der Waals surface area contributed by atoms with Crippen LogP contribution in [0.2, 0.25) is 0 Å². The van der Waals surface area contributed by atoms with Gasteiger partial charge >= 0.3 is 0 Å². The summed E-state index contributed by atoms with van der Waals surface area (Å²) in [6.45, 7) is 1.92. The molecule has 0 bridgehead atoms. The second-order valence-corrected chi connectivity index (χ2v) is 7.08. The van der Waals surface area contributed by atoms with E-state index in [0.717, 1.165) is 32.6 Å². The second kappa shape index (κ2) is 6.53. The maximum absolute atomic E-state index is 11.9. The molecule has 5 nitrogen and oxygen atoms in total. The third-order valence-corrected chi connectivity index (χ3v) is 5.25. The van der Waals surface area contributed by atoms with Crippen molar-refractivity contribution in [1.29, 1.82) is 0 Å². The van der Waals surface area contributed by atoms with Crippen molar-refractivity contribution in [1.82, 2.24) is 9.55 Å². The molecule has 1 aliphatic rings. The number of imidazole rings is 1. The number of terminal acetylenes is 1. The van der Waals surface area contributed by atoms with Crippen LogP contribution in [0.25, 0.3) is 5.69 Å². The highest BCUT2D eigenvalue weighted by Crippen LogP contribution is 2.34. The van der Waals surface area contributed by atoms with Crippen LogP contribution >= 0.6 is 15.9 Å². The van der Waals surface area contributed by atoms with Crippen LogP contribution in [0.15, 0.2) is 58.3 Å². The van der Waals surface area contributed by atoms with E-state index < -0.39 is 5.91 Å². The normalized spacial score (nSPS) is 15.1. The first-order chi connectivity index (χ1) is 13.0. The molecule has 27 heavy (non-hydrogen) atoms. The topological polar surface area (TPSA) is 73.3 Å². The molecule has 6 heteroatoms. The zero-order valence-electron chi connectivity index (χ0n) is 14.5. The molecule has 1 aliphatic heterocycles. The van der Waals surface area contributed by atoms with E-state index in [2.05, 4.69) is 26.8 Å². The summed E-state index contributed by atoms with van der Waals surface area (Å²) >= 11 is 3.61. The minimum atomic E-state index is -0.572. The van der Waals surface area contributed by atoms with Gasteiger partial charge in [-0.3, -0.25) is 14.4 Å². The number of halogens is 1. The van der Waals surface area contributed by atoms with Gasteiger partial charge in [0.2, 0.25) is 0 Å². The van der Waals surface area contributed by atoms with Crippen molar-refractivity contribution < 1.29 is 4.79 Å². The second-order valence-electron chi connectivity index (χ2n) is 6.22. The number of carbonyl (C=O) groups is 1. The molecular formula is C21H15BrN4O. The van der Waals surface area contributed by atoms with Gasteiger partial charge in [-0.05, 0) is 31.2 Å². The lowest BCUT2D eigenvalue weighted by Crippen LogP contribution is -2.15. The summed E-state index contributed by atoms with van der Waals surface area (Å²) in [6, 6.07) is 13.3. The van der Waals surface area contributed by atoms with Crippen LogP contribution in [-0.2, 0) is 0 Å². The first kappa shape index (κ1) is 17.3. The summed E-state index contributed by atoms with van der Waals surface area (Å²) < 4.78 is 2.79. The first-order valence-corrected chi connectivity index (χ1v) is 9.11. The lowest BCUT2D eigenvalue weighted by atomic mass is 9.98. The van der Waals surface area contributed by atoms with E-state index in [1.165, 1.54) is 0 Å². The van der Waals surface area contributed by atoms with E-state index in [1.807, 2.05) is 54.0 Å². The van der Waals surface area contributed by atoms with E-state index >= 15 is 0 Å². The first-order valence-electron chi connectivity index (χ1n) is 8.32. The van der Waals surface area contributed by atoms with Crippen LogP contribution in [0, 0.1) is 12.3 Å². The quantitative estimate of drug-likeness (QED) is 0.645. The van der Waals surface area contributed by atoms with Crippen LogP contribution in [-0.4, -0.2) is 21.2 Å². The zero-order chi connectivity index (χ0) is 19.1. The Labute approximate surface area is 165 Å². The fourth-order valence-electron chi connectivity index (χ4n) is 3.36. The fourth-order valence-corrected chi connectivity index (χ4v) is 3.83. The van der Waals surface area contributed by atoms with Crippen molar-refractivity contribution in [3.63, 3.8) is 0 Å². The van der Waals surface area contributed by atoms with Crippen LogP contribution in [0.5, 0.6) is 0 Å². The molecule has 132 valence electrons. The molecule has 3 aromatic rings. The van der Waals surface area contributed by atoms with Gasteiger partial charge in [0, 0.05) is 21.2 Å². The van der Waals surface area contributed by atoms with Gasteiger partial charge in [0.15, 0.2) is 5.69 Å². The minimum absolute atomic E-state index is 0.228. The number of carbonyl (C=O) groups excluding carboxylic acids is 1. The number of benzene rings is 2. The van der Waals surface area contributed by atoms with Gasteiger partial charge in [-0.2, -0.15) is 0 Å². The molecule has 0 saturated carbocycles. The van der Waals surface area contributed by atoms with Gasteiger partial charge in [-0.25, -0.2) is 4.98 Å². The van der Waals surface area contributed by atoms with Crippen molar-refractivity contribution in [2.24, 2.45) is 10.7 Å². The van der Waals surface area contributed by atoms with Crippen molar-refractivity contribution in [2.45, 2.75) is 13.0 Å². The molecule has 1 amide bonds. The number of nitrogens with two attached hydrogens (primary N) is 1. The standard InChI is InChI=1S/C21H15BrN4O/c1-3-13-8-9-17-15(10-13)18(14-6-4-5-7-16(14)22)25-12(2)20-19(21(23)27)24-11-26(17)20/h1,4-12H,2H3,(H2,23,27)/t12-/m1/s1. The van der Waals surface area contributed by atoms with Crippen molar-refractivity contribution >= 4 is 27.5 Å². The van der Waals surface area contributed by atoms with E-state index in [9.17, 15) is 4.79 Å². The molecule has 0 radical (unpaired) electrons. The number of amides is 1. The third-order valence-electron chi connectivity index (χ3n) is 4.56. The molecule has 2 heterocycles. The molecule has 0 saturated heterocycles. The number of fused-ring (bicyclic) bond motifs is 3. The van der Waals surface area contributed by atoms with E-state index in [4.69, 9.17) is 17.1 Å². The average molecular weight is 419 g/mol. The average Bonchev–Trinajstić information content (AvgIpc) is 3.07. The Bertz CT molecular complexity index is 1150. The molecule has 0 aliphatic carbocycles. The molecule has 1 atom stereocenters. The lowest BCUT2D eigenvalue weighted by Gasteiger charge is -2.13. The predicted molar refractivity (Wildman–Crippen MR) is 108 cm³/mol. The Balaban J connectivity index is 2.08. The summed E-state index contributed by atoms with van der Waals surface area (Å²) in [4.78, 5) is 21.0. The number of primary amides is 1. The number of rotatable bonds is 2. The molecule has 2 aromatic carbocycles. The van der Waals surface area contributed by atoms with Gasteiger partial charge in [0.25, 0.3) is 5.91 Å². The van der Waals surface area contributed by atoms with Crippen molar-refractivity contribution in [3.05, 3.63) is 81.3 Å². The molecule has 0 fully saturated rings. The zero-order valence-corrected chi connectivity index (χ0v) is 16.1. The van der Waals surface area contributed by atoms with Gasteiger partial charge in [0.1, 0.15) is 6.33 Å². The van der Waals surface area contributed by atoms with Crippen LogP contribution in [0.3, 0.4) is 0 Å². The lowest BCUT2D eigenvalue weighted by molar-refractivity contribution is 0.0994. The van der Waals surface area contributed by atoms with Gasteiger partial charge in [-0.15, -0.1) is 6.42 Å². The Morgan fingerprint density at radius 3 is 2.74 bits per heavy atom. The minimum Gasteiger partial charge on any atom is -0.364 e. The molecule has 2 N–H and O–H groups in total. The number of hydrogen-bond donors (Lipinski definition) is 1. The molecular weight excluding hydrogens is 404 g/mol. The van der Waals surface area contributed by atoms with Crippen molar-refractivity contribution in [2.75, 3.05) is 0 Å². The molecule has 0 unspecified atom stereocenters. The van der Waals surface area contributed by atoms with Gasteiger partial charge in [-0.1, -0.05) is 40.0 Å². The van der Waals surface area contributed by atoms with E-state index in [0.29, 0.717) is 5.69 Å². The van der Waals surface area contributed by atoms with Crippen molar-refractivity contribution in [3.8, 4) is 18.0 Å². The Morgan fingerprint density at radius 2 is 2.04 bits per heavy atom. The molecule has 1 aromatic heterocycles. The SMILES string of the molecule is C#Cc1ccc2c(c1)C(c1ccccc1Br)=N[C@H](C)c1c(C(N)=O)ncn1-2. The summed E-state index contributed by atoms with van der Waals surface area (Å²) in [5, 5.41) is 0. The highest BCUT2D eigenvalue weighted by molar-refractivity contribution is 9.10. The third kappa shape index (κ3) is 2.77.